The van der Waals surface area contributed by atoms with Crippen molar-refractivity contribution in [3.8, 4) is 5.82 Å². The molecule has 1 fully saturated rings. The van der Waals surface area contributed by atoms with Gasteiger partial charge in [0.05, 0.1) is 30.7 Å². The number of carbonyl (C=O) groups is 2. The van der Waals surface area contributed by atoms with Crippen LogP contribution in [0.4, 0.5) is 23.9 Å². The van der Waals surface area contributed by atoms with E-state index in [0.717, 1.165) is 25.3 Å². The Bertz CT molecular complexity index is 1370. The van der Waals surface area contributed by atoms with Crippen LogP contribution in [0.5, 0.6) is 0 Å². The van der Waals surface area contributed by atoms with Gasteiger partial charge in [-0.05, 0) is 31.6 Å². The molecular weight excluding hydrogens is 515 g/mol. The molecule has 0 N–H and O–H groups in total. The van der Waals surface area contributed by atoms with Gasteiger partial charge in [0.2, 0.25) is 5.95 Å². The number of hydrogen-bond donors (Lipinski definition) is 0. The van der Waals surface area contributed by atoms with Gasteiger partial charge in [-0.2, -0.15) is 10.1 Å². The standard InChI is InChI=1S/C26H28F3N7O3/c1-16(11-20(28)12-17(2)27)22-5-6-31-36(22)26(38)34-9-7-33(8-10-34)25-30-14-21(29)23(32-25)35-15-19(13-18(35)3)24(37)39-4/h6,11-15,22H,1,5,7-10H2,2-4H3/b17-12+,20-11+/t22-/m0/s1. The molecular formula is C26H28F3N7O3. The summed E-state index contributed by atoms with van der Waals surface area (Å²) in [5.74, 6) is -2.44. The second kappa shape index (κ2) is 11.5. The number of allylic oxidation sites excluding steroid dienone is 3. The van der Waals surface area contributed by atoms with Gasteiger partial charge in [0.15, 0.2) is 11.6 Å². The number of aromatic nitrogens is 3. The van der Waals surface area contributed by atoms with Crippen molar-refractivity contribution in [2.24, 2.45) is 5.10 Å². The smallest absolute Gasteiger partial charge is 0.341 e. The molecule has 13 heteroatoms. The lowest BCUT2D eigenvalue weighted by molar-refractivity contribution is 0.0600. The molecule has 2 amide bonds. The summed E-state index contributed by atoms with van der Waals surface area (Å²) < 4.78 is 47.8. The molecule has 206 valence electrons. The number of carbonyl (C=O) groups excluding carboxylic acids is 2. The fraction of sp³-hybridized carbons (Fsp3) is 0.346. The third kappa shape index (κ3) is 6.02. The van der Waals surface area contributed by atoms with Gasteiger partial charge in [0, 0.05) is 56.8 Å². The average Bonchev–Trinajstić information content (AvgIpc) is 3.55. The number of halogens is 3. The lowest BCUT2D eigenvalue weighted by atomic mass is 10.1. The summed E-state index contributed by atoms with van der Waals surface area (Å²) in [5, 5.41) is 5.39. The van der Waals surface area contributed by atoms with Crippen molar-refractivity contribution in [3.05, 3.63) is 71.5 Å². The molecule has 2 aliphatic rings. The monoisotopic (exact) mass is 543 g/mol. The van der Waals surface area contributed by atoms with Crippen LogP contribution in [0.1, 0.15) is 29.4 Å². The second-order valence-corrected chi connectivity index (χ2v) is 9.06. The fourth-order valence-corrected chi connectivity index (χ4v) is 4.35. The zero-order valence-corrected chi connectivity index (χ0v) is 21.8. The lowest BCUT2D eigenvalue weighted by Gasteiger charge is -2.37. The number of aryl methyl sites for hydroxylation is 1. The zero-order valence-electron chi connectivity index (χ0n) is 21.8. The molecule has 4 heterocycles. The number of rotatable bonds is 6. The Morgan fingerprint density at radius 3 is 2.56 bits per heavy atom. The second-order valence-electron chi connectivity index (χ2n) is 9.06. The summed E-state index contributed by atoms with van der Waals surface area (Å²) in [6.07, 6.45) is 6.25. The van der Waals surface area contributed by atoms with Crippen LogP contribution < -0.4 is 4.90 Å². The molecule has 2 aromatic rings. The minimum Gasteiger partial charge on any atom is -0.465 e. The Hall–Kier alpha value is -4.42. The number of amides is 2. The molecule has 0 unspecified atom stereocenters. The number of hydrogen-bond acceptors (Lipinski definition) is 7. The van der Waals surface area contributed by atoms with E-state index < -0.39 is 29.5 Å². The van der Waals surface area contributed by atoms with E-state index in [4.69, 9.17) is 4.74 Å². The number of esters is 1. The number of ether oxygens (including phenoxy) is 1. The van der Waals surface area contributed by atoms with Crippen molar-refractivity contribution in [1.82, 2.24) is 24.4 Å². The first-order valence-electron chi connectivity index (χ1n) is 12.1. The van der Waals surface area contributed by atoms with Gasteiger partial charge in [-0.25, -0.2) is 32.8 Å². The van der Waals surface area contributed by atoms with Crippen molar-refractivity contribution >= 4 is 24.2 Å². The lowest BCUT2D eigenvalue weighted by Crippen LogP contribution is -2.53. The summed E-state index contributed by atoms with van der Waals surface area (Å²) in [4.78, 5) is 37.0. The number of nitrogens with zero attached hydrogens (tertiary/aromatic N) is 7. The minimum atomic E-state index is -0.803. The van der Waals surface area contributed by atoms with Crippen LogP contribution in [0.3, 0.4) is 0 Å². The van der Waals surface area contributed by atoms with Gasteiger partial charge in [-0.3, -0.25) is 0 Å². The number of anilines is 1. The van der Waals surface area contributed by atoms with E-state index in [-0.39, 0.29) is 28.9 Å². The Balaban J connectivity index is 1.44. The van der Waals surface area contributed by atoms with Crippen LogP contribution >= 0.6 is 0 Å². The highest BCUT2D eigenvalue weighted by atomic mass is 19.1. The van der Waals surface area contributed by atoms with E-state index in [1.165, 1.54) is 22.9 Å². The van der Waals surface area contributed by atoms with Crippen molar-refractivity contribution in [3.63, 3.8) is 0 Å². The van der Waals surface area contributed by atoms with Crippen LogP contribution in [0.25, 0.3) is 5.82 Å². The highest BCUT2D eigenvalue weighted by Gasteiger charge is 2.33. The predicted molar refractivity (Wildman–Crippen MR) is 139 cm³/mol. The summed E-state index contributed by atoms with van der Waals surface area (Å²) in [5.41, 5.74) is 1.14. The third-order valence-corrected chi connectivity index (χ3v) is 6.32. The zero-order chi connectivity index (χ0) is 28.3. The normalized spacial score (nSPS) is 18.1. The average molecular weight is 544 g/mol. The van der Waals surface area contributed by atoms with E-state index >= 15 is 0 Å². The summed E-state index contributed by atoms with van der Waals surface area (Å²) in [7, 11) is 1.26. The van der Waals surface area contributed by atoms with Crippen LogP contribution in [-0.2, 0) is 4.74 Å². The molecule has 2 aliphatic heterocycles. The van der Waals surface area contributed by atoms with Gasteiger partial charge >= 0.3 is 12.0 Å². The topological polar surface area (TPSA) is 96.2 Å². The third-order valence-electron chi connectivity index (χ3n) is 6.32. The van der Waals surface area contributed by atoms with Crippen LogP contribution in [0.15, 0.2) is 59.5 Å². The maximum atomic E-state index is 14.7. The van der Waals surface area contributed by atoms with Gasteiger partial charge in [0.25, 0.3) is 0 Å². The number of urea groups is 1. The summed E-state index contributed by atoms with van der Waals surface area (Å²) in [6.45, 7) is 8.03. The predicted octanol–water partition coefficient (Wildman–Crippen LogP) is 4.09. The number of piperazine rings is 1. The van der Waals surface area contributed by atoms with Crippen molar-refractivity contribution in [2.45, 2.75) is 26.3 Å². The van der Waals surface area contributed by atoms with Crippen LogP contribution in [-0.4, -0.2) is 82.0 Å². The first-order valence-corrected chi connectivity index (χ1v) is 12.1. The highest BCUT2D eigenvalue weighted by molar-refractivity contribution is 5.89. The maximum absolute atomic E-state index is 14.7. The molecule has 1 saturated heterocycles. The van der Waals surface area contributed by atoms with Gasteiger partial charge in [-0.1, -0.05) is 6.58 Å². The summed E-state index contributed by atoms with van der Waals surface area (Å²) >= 11 is 0. The Morgan fingerprint density at radius 2 is 1.90 bits per heavy atom. The molecule has 0 bridgehead atoms. The van der Waals surface area contributed by atoms with Crippen molar-refractivity contribution in [1.29, 1.82) is 0 Å². The number of hydrazone groups is 1. The quantitative estimate of drug-likeness (QED) is 0.402. The largest absolute Gasteiger partial charge is 0.465 e. The molecule has 0 spiro atoms. The van der Waals surface area contributed by atoms with Crippen LogP contribution in [0, 0.1) is 12.7 Å². The maximum Gasteiger partial charge on any atom is 0.341 e. The van der Waals surface area contributed by atoms with Crippen molar-refractivity contribution in [2.75, 3.05) is 38.2 Å². The highest BCUT2D eigenvalue weighted by Crippen LogP contribution is 2.24. The molecule has 39 heavy (non-hydrogen) atoms. The molecule has 1 atom stereocenters. The van der Waals surface area contributed by atoms with Gasteiger partial charge in [-0.15, -0.1) is 0 Å². The molecule has 0 aliphatic carbocycles. The Morgan fingerprint density at radius 1 is 1.18 bits per heavy atom. The fourth-order valence-electron chi connectivity index (χ4n) is 4.35. The Kier molecular flexibility index (Phi) is 8.17. The SMILES string of the molecule is C=C(/C=C(F)\C=C(/C)F)[C@@H]1CC=NN1C(=O)N1CCN(c2ncc(F)c(-n3cc(C(=O)OC)cc3C)n2)CC1. The summed E-state index contributed by atoms with van der Waals surface area (Å²) in [6, 6.07) is 0.611. The molecule has 0 radical (unpaired) electrons. The molecule has 10 nitrogen and oxygen atoms in total. The van der Waals surface area contributed by atoms with E-state index in [2.05, 4.69) is 21.6 Å². The molecule has 0 aromatic carbocycles. The van der Waals surface area contributed by atoms with Gasteiger partial charge in [0.1, 0.15) is 5.83 Å². The first-order chi connectivity index (χ1) is 18.6. The van der Waals surface area contributed by atoms with E-state index in [1.807, 2.05) is 4.90 Å². The van der Waals surface area contributed by atoms with E-state index in [9.17, 15) is 22.8 Å². The van der Waals surface area contributed by atoms with Crippen LogP contribution in [0.2, 0.25) is 0 Å². The Labute approximate surface area is 223 Å². The van der Waals surface area contributed by atoms with E-state index in [1.54, 1.807) is 24.1 Å². The van der Waals surface area contributed by atoms with Gasteiger partial charge < -0.3 is 19.1 Å². The van der Waals surface area contributed by atoms with E-state index in [0.29, 0.717) is 38.3 Å². The molecule has 0 saturated carbocycles. The molecule has 4 rings (SSSR count). The number of methoxy groups -OCH3 is 1. The van der Waals surface area contributed by atoms with Crippen molar-refractivity contribution < 1.29 is 27.5 Å². The minimum absolute atomic E-state index is 0.0167. The first kappa shape index (κ1) is 27.6. The molecule has 2 aromatic heterocycles.